The SMILES string of the molecule is CC(C)C1C[C@@H]([C@@H]2CCC(=O)N2)OC1=O. The van der Waals surface area contributed by atoms with Crippen LogP contribution in [-0.4, -0.2) is 24.0 Å². The van der Waals surface area contributed by atoms with Crippen molar-refractivity contribution in [3.05, 3.63) is 0 Å². The van der Waals surface area contributed by atoms with Crippen molar-refractivity contribution >= 4 is 11.9 Å². The van der Waals surface area contributed by atoms with Crippen LogP contribution in [0.25, 0.3) is 0 Å². The van der Waals surface area contributed by atoms with Gasteiger partial charge in [-0.2, -0.15) is 0 Å². The summed E-state index contributed by atoms with van der Waals surface area (Å²) in [5, 5.41) is 2.86. The van der Waals surface area contributed by atoms with Gasteiger partial charge in [0.05, 0.1) is 12.0 Å². The Morgan fingerprint density at radius 2 is 2.13 bits per heavy atom. The summed E-state index contributed by atoms with van der Waals surface area (Å²) in [4.78, 5) is 22.6. The summed E-state index contributed by atoms with van der Waals surface area (Å²) in [6.07, 6.45) is 2.00. The fourth-order valence-corrected chi connectivity index (χ4v) is 2.34. The topological polar surface area (TPSA) is 55.4 Å². The lowest BCUT2D eigenvalue weighted by Crippen LogP contribution is -2.36. The molecule has 2 fully saturated rings. The van der Waals surface area contributed by atoms with E-state index < -0.39 is 0 Å². The molecule has 0 radical (unpaired) electrons. The highest BCUT2D eigenvalue weighted by molar-refractivity contribution is 5.79. The number of carbonyl (C=O) groups excluding carboxylic acids is 2. The standard InChI is InChI=1S/C11H17NO3/c1-6(2)7-5-9(15-11(7)14)8-3-4-10(13)12-8/h6-9H,3-5H2,1-2H3,(H,12,13)/t7?,8-,9-/m0/s1. The second kappa shape index (κ2) is 3.83. The smallest absolute Gasteiger partial charge is 0.309 e. The van der Waals surface area contributed by atoms with Gasteiger partial charge in [0.1, 0.15) is 6.10 Å². The molecule has 4 nitrogen and oxygen atoms in total. The Morgan fingerprint density at radius 1 is 1.40 bits per heavy atom. The Morgan fingerprint density at radius 3 is 2.60 bits per heavy atom. The average Bonchev–Trinajstić information content (AvgIpc) is 2.71. The molecule has 0 aromatic carbocycles. The highest BCUT2D eigenvalue weighted by Crippen LogP contribution is 2.31. The molecule has 3 atom stereocenters. The molecule has 0 aliphatic carbocycles. The zero-order valence-electron chi connectivity index (χ0n) is 9.16. The summed E-state index contributed by atoms with van der Waals surface area (Å²) in [6, 6.07) is 0.0465. The van der Waals surface area contributed by atoms with Crippen LogP contribution >= 0.6 is 0 Å². The quantitative estimate of drug-likeness (QED) is 0.689. The molecule has 4 heteroatoms. The summed E-state index contributed by atoms with van der Waals surface area (Å²) in [7, 11) is 0. The molecule has 0 spiro atoms. The molecule has 2 saturated heterocycles. The Bertz CT molecular complexity index is 288. The molecule has 1 amide bonds. The maximum Gasteiger partial charge on any atom is 0.309 e. The van der Waals surface area contributed by atoms with E-state index in [0.29, 0.717) is 12.3 Å². The third-order valence-corrected chi connectivity index (χ3v) is 3.34. The van der Waals surface area contributed by atoms with E-state index in [2.05, 4.69) is 5.32 Å². The maximum absolute atomic E-state index is 11.5. The van der Waals surface area contributed by atoms with E-state index in [-0.39, 0.29) is 29.9 Å². The molecule has 0 bridgehead atoms. The van der Waals surface area contributed by atoms with Gasteiger partial charge in [0.25, 0.3) is 0 Å². The van der Waals surface area contributed by atoms with Crippen molar-refractivity contribution in [2.45, 2.75) is 45.3 Å². The molecule has 1 N–H and O–H groups in total. The fourth-order valence-electron chi connectivity index (χ4n) is 2.34. The minimum atomic E-state index is -0.101. The summed E-state index contributed by atoms with van der Waals surface area (Å²) in [5.74, 6) is 0.298. The zero-order chi connectivity index (χ0) is 11.0. The van der Waals surface area contributed by atoms with Gasteiger partial charge < -0.3 is 10.1 Å². The van der Waals surface area contributed by atoms with Crippen LogP contribution in [0.5, 0.6) is 0 Å². The van der Waals surface area contributed by atoms with Crippen LogP contribution < -0.4 is 5.32 Å². The molecule has 2 aliphatic heterocycles. The molecule has 0 saturated carbocycles. The van der Waals surface area contributed by atoms with Crippen molar-refractivity contribution in [3.8, 4) is 0 Å². The third kappa shape index (κ3) is 1.98. The molecule has 15 heavy (non-hydrogen) atoms. The number of amides is 1. The number of rotatable bonds is 2. The zero-order valence-corrected chi connectivity index (χ0v) is 9.16. The second-order valence-corrected chi connectivity index (χ2v) is 4.77. The van der Waals surface area contributed by atoms with Gasteiger partial charge in [-0.25, -0.2) is 0 Å². The first-order valence-electron chi connectivity index (χ1n) is 5.58. The Balaban J connectivity index is 1.97. The molecule has 2 aliphatic rings. The highest BCUT2D eigenvalue weighted by Gasteiger charge is 2.42. The lowest BCUT2D eigenvalue weighted by atomic mass is 9.91. The maximum atomic E-state index is 11.5. The van der Waals surface area contributed by atoms with Gasteiger partial charge in [0.15, 0.2) is 0 Å². The van der Waals surface area contributed by atoms with E-state index in [4.69, 9.17) is 4.74 Å². The van der Waals surface area contributed by atoms with Crippen molar-refractivity contribution in [1.82, 2.24) is 5.32 Å². The first kappa shape index (κ1) is 10.5. The van der Waals surface area contributed by atoms with Gasteiger partial charge in [0.2, 0.25) is 5.91 Å². The van der Waals surface area contributed by atoms with Crippen molar-refractivity contribution < 1.29 is 14.3 Å². The van der Waals surface area contributed by atoms with Crippen LogP contribution in [0.4, 0.5) is 0 Å². The minimum Gasteiger partial charge on any atom is -0.460 e. The van der Waals surface area contributed by atoms with Gasteiger partial charge in [0, 0.05) is 6.42 Å². The molecule has 0 aromatic rings. The van der Waals surface area contributed by atoms with Crippen LogP contribution in [0.1, 0.15) is 33.1 Å². The molecule has 2 rings (SSSR count). The number of cyclic esters (lactones) is 1. The largest absolute Gasteiger partial charge is 0.460 e. The number of ether oxygens (including phenoxy) is 1. The fraction of sp³-hybridized carbons (Fsp3) is 0.818. The van der Waals surface area contributed by atoms with Gasteiger partial charge in [-0.1, -0.05) is 13.8 Å². The van der Waals surface area contributed by atoms with Crippen LogP contribution in [0, 0.1) is 11.8 Å². The molecule has 84 valence electrons. The first-order chi connectivity index (χ1) is 7.08. The Hall–Kier alpha value is -1.06. The van der Waals surface area contributed by atoms with Crippen LogP contribution in [-0.2, 0) is 14.3 Å². The third-order valence-electron chi connectivity index (χ3n) is 3.34. The van der Waals surface area contributed by atoms with Gasteiger partial charge in [-0.3, -0.25) is 9.59 Å². The minimum absolute atomic E-state index is 0.00695. The van der Waals surface area contributed by atoms with Crippen molar-refractivity contribution in [2.75, 3.05) is 0 Å². The van der Waals surface area contributed by atoms with Crippen LogP contribution in [0.2, 0.25) is 0 Å². The van der Waals surface area contributed by atoms with E-state index in [0.717, 1.165) is 12.8 Å². The van der Waals surface area contributed by atoms with E-state index in [1.807, 2.05) is 13.8 Å². The molecular weight excluding hydrogens is 194 g/mol. The van der Waals surface area contributed by atoms with E-state index in [1.165, 1.54) is 0 Å². The summed E-state index contributed by atoms with van der Waals surface area (Å²) in [5.41, 5.74) is 0. The molecule has 1 unspecified atom stereocenters. The number of hydrogen-bond donors (Lipinski definition) is 1. The molecule has 0 aromatic heterocycles. The average molecular weight is 211 g/mol. The van der Waals surface area contributed by atoms with E-state index >= 15 is 0 Å². The van der Waals surface area contributed by atoms with Crippen molar-refractivity contribution in [1.29, 1.82) is 0 Å². The van der Waals surface area contributed by atoms with Gasteiger partial charge in [-0.15, -0.1) is 0 Å². The van der Waals surface area contributed by atoms with Crippen LogP contribution in [0.3, 0.4) is 0 Å². The van der Waals surface area contributed by atoms with Gasteiger partial charge in [-0.05, 0) is 18.8 Å². The lowest BCUT2D eigenvalue weighted by Gasteiger charge is -2.16. The highest BCUT2D eigenvalue weighted by atomic mass is 16.6. The first-order valence-corrected chi connectivity index (χ1v) is 5.58. The van der Waals surface area contributed by atoms with Crippen LogP contribution in [0.15, 0.2) is 0 Å². The number of esters is 1. The van der Waals surface area contributed by atoms with Gasteiger partial charge >= 0.3 is 5.97 Å². The Kier molecular flexibility index (Phi) is 2.67. The molecule has 2 heterocycles. The van der Waals surface area contributed by atoms with E-state index in [9.17, 15) is 9.59 Å². The summed E-state index contributed by atoms with van der Waals surface area (Å²) < 4.78 is 5.31. The molecular formula is C11H17NO3. The summed E-state index contributed by atoms with van der Waals surface area (Å²) >= 11 is 0. The van der Waals surface area contributed by atoms with Crippen molar-refractivity contribution in [3.63, 3.8) is 0 Å². The van der Waals surface area contributed by atoms with E-state index in [1.54, 1.807) is 0 Å². The normalized spacial score (nSPS) is 35.8. The number of carbonyl (C=O) groups is 2. The van der Waals surface area contributed by atoms with Crippen molar-refractivity contribution in [2.24, 2.45) is 11.8 Å². The summed E-state index contributed by atoms with van der Waals surface area (Å²) in [6.45, 7) is 4.06. The monoisotopic (exact) mass is 211 g/mol. The Labute approximate surface area is 89.4 Å². The lowest BCUT2D eigenvalue weighted by molar-refractivity contribution is -0.146. The second-order valence-electron chi connectivity index (χ2n) is 4.77. The predicted octanol–water partition coefficient (Wildman–Crippen LogP) is 0.853. The number of hydrogen-bond acceptors (Lipinski definition) is 3. The number of nitrogens with one attached hydrogen (secondary N) is 1. The predicted molar refractivity (Wildman–Crippen MR) is 54.0 cm³/mol.